The molecule has 0 unspecified atom stereocenters. The van der Waals surface area contributed by atoms with Crippen LogP contribution in [-0.2, 0) is 16.1 Å². The van der Waals surface area contributed by atoms with Gasteiger partial charge in [-0.15, -0.1) is 0 Å². The summed E-state index contributed by atoms with van der Waals surface area (Å²) in [5, 5.41) is 5.20. The van der Waals surface area contributed by atoms with Gasteiger partial charge in [0.25, 0.3) is 0 Å². The molecular formula is C19H24N4O3. The number of nitrogens with zero attached hydrogens (tertiary/aromatic N) is 2. The van der Waals surface area contributed by atoms with Crippen LogP contribution in [0.1, 0.15) is 5.76 Å². The molecule has 1 aliphatic heterocycles. The van der Waals surface area contributed by atoms with Crippen LogP contribution in [-0.4, -0.2) is 56.0 Å². The average Bonchev–Trinajstić information content (AvgIpc) is 3.21. The number of carbonyl (C=O) groups excluding carboxylic acids is 2. The van der Waals surface area contributed by atoms with E-state index < -0.39 is 11.8 Å². The second-order valence-electron chi connectivity index (χ2n) is 6.18. The van der Waals surface area contributed by atoms with Crippen LogP contribution in [0, 0.1) is 0 Å². The number of piperazine rings is 1. The van der Waals surface area contributed by atoms with Gasteiger partial charge in [0.05, 0.1) is 12.8 Å². The third kappa shape index (κ3) is 5.10. The zero-order chi connectivity index (χ0) is 18.2. The molecular weight excluding hydrogens is 332 g/mol. The molecule has 2 aromatic rings. The van der Waals surface area contributed by atoms with Crippen LogP contribution in [0.4, 0.5) is 5.69 Å². The highest BCUT2D eigenvalue weighted by Gasteiger charge is 2.18. The monoisotopic (exact) mass is 356 g/mol. The molecule has 1 aromatic carbocycles. The molecule has 7 nitrogen and oxygen atoms in total. The third-order valence-electron chi connectivity index (χ3n) is 4.42. The Morgan fingerprint density at radius 1 is 0.923 bits per heavy atom. The molecule has 0 spiro atoms. The maximum atomic E-state index is 11.8. The lowest BCUT2D eigenvalue weighted by Gasteiger charge is -2.36. The van der Waals surface area contributed by atoms with Gasteiger partial charge in [-0.1, -0.05) is 18.2 Å². The molecule has 0 aliphatic carbocycles. The second-order valence-corrected chi connectivity index (χ2v) is 6.18. The van der Waals surface area contributed by atoms with Crippen molar-refractivity contribution in [2.75, 3.05) is 44.2 Å². The Kier molecular flexibility index (Phi) is 6.27. The number of hydrogen-bond donors (Lipinski definition) is 2. The SMILES string of the molecule is O=C(NCCN1CCN(c2ccccc2)CC1)C(=O)NCc1ccco1. The minimum atomic E-state index is -0.643. The number of hydrogen-bond acceptors (Lipinski definition) is 5. The highest BCUT2D eigenvalue weighted by Crippen LogP contribution is 2.15. The lowest BCUT2D eigenvalue weighted by atomic mass is 10.2. The molecule has 2 amide bonds. The smallest absolute Gasteiger partial charge is 0.309 e. The van der Waals surface area contributed by atoms with E-state index >= 15 is 0 Å². The molecule has 2 N–H and O–H groups in total. The van der Waals surface area contributed by atoms with E-state index in [1.807, 2.05) is 18.2 Å². The summed E-state index contributed by atoms with van der Waals surface area (Å²) in [7, 11) is 0. The molecule has 1 fully saturated rings. The number of furan rings is 1. The Morgan fingerprint density at radius 2 is 1.65 bits per heavy atom. The van der Waals surface area contributed by atoms with Gasteiger partial charge in [0.2, 0.25) is 0 Å². The quantitative estimate of drug-likeness (QED) is 0.750. The normalized spacial score (nSPS) is 14.8. The molecule has 1 saturated heterocycles. The largest absolute Gasteiger partial charge is 0.467 e. The van der Waals surface area contributed by atoms with Gasteiger partial charge < -0.3 is 20.0 Å². The summed E-state index contributed by atoms with van der Waals surface area (Å²) in [6, 6.07) is 13.8. The Bertz CT molecular complexity index is 695. The number of nitrogens with one attached hydrogen (secondary N) is 2. The van der Waals surface area contributed by atoms with E-state index in [0.717, 1.165) is 32.7 Å². The molecule has 0 atom stereocenters. The highest BCUT2D eigenvalue weighted by molar-refractivity contribution is 6.35. The first-order chi connectivity index (χ1) is 12.7. The molecule has 7 heteroatoms. The minimum absolute atomic E-state index is 0.209. The zero-order valence-corrected chi connectivity index (χ0v) is 14.7. The molecule has 0 bridgehead atoms. The van der Waals surface area contributed by atoms with E-state index in [9.17, 15) is 9.59 Å². The number of benzene rings is 1. The van der Waals surface area contributed by atoms with Crippen molar-refractivity contribution in [3.63, 3.8) is 0 Å². The van der Waals surface area contributed by atoms with Crippen LogP contribution >= 0.6 is 0 Å². The van der Waals surface area contributed by atoms with Crippen molar-refractivity contribution in [1.29, 1.82) is 0 Å². The minimum Gasteiger partial charge on any atom is -0.467 e. The van der Waals surface area contributed by atoms with Gasteiger partial charge in [0.15, 0.2) is 0 Å². The standard InChI is InChI=1S/C19H24N4O3/c24-18(19(25)21-15-17-7-4-14-26-17)20-8-9-22-10-12-23(13-11-22)16-5-2-1-3-6-16/h1-7,14H,8-13,15H2,(H,20,24)(H,21,25). The number of amides is 2. The van der Waals surface area contributed by atoms with Gasteiger partial charge in [-0.3, -0.25) is 14.5 Å². The van der Waals surface area contributed by atoms with Crippen LogP contribution in [0.15, 0.2) is 53.1 Å². The van der Waals surface area contributed by atoms with E-state index in [0.29, 0.717) is 12.3 Å². The first-order valence-corrected chi connectivity index (χ1v) is 8.83. The fourth-order valence-electron chi connectivity index (χ4n) is 2.94. The van der Waals surface area contributed by atoms with Crippen molar-refractivity contribution < 1.29 is 14.0 Å². The summed E-state index contributed by atoms with van der Waals surface area (Å²) < 4.78 is 5.11. The molecule has 2 heterocycles. The summed E-state index contributed by atoms with van der Waals surface area (Å²) in [5.41, 5.74) is 1.24. The van der Waals surface area contributed by atoms with Crippen molar-refractivity contribution in [1.82, 2.24) is 15.5 Å². The van der Waals surface area contributed by atoms with Gasteiger partial charge in [-0.25, -0.2) is 0 Å². The molecule has 3 rings (SSSR count). The van der Waals surface area contributed by atoms with Crippen LogP contribution in [0.3, 0.4) is 0 Å². The predicted molar refractivity (Wildman–Crippen MR) is 98.7 cm³/mol. The van der Waals surface area contributed by atoms with Crippen LogP contribution < -0.4 is 15.5 Å². The predicted octanol–water partition coefficient (Wildman–Crippen LogP) is 0.834. The summed E-state index contributed by atoms with van der Waals surface area (Å²) in [5.74, 6) is -0.641. The first-order valence-electron chi connectivity index (χ1n) is 8.83. The van der Waals surface area contributed by atoms with Crippen molar-refractivity contribution in [3.05, 3.63) is 54.5 Å². The van der Waals surface area contributed by atoms with Crippen molar-refractivity contribution in [2.45, 2.75) is 6.54 Å². The van der Waals surface area contributed by atoms with Crippen molar-refractivity contribution >= 4 is 17.5 Å². The molecule has 26 heavy (non-hydrogen) atoms. The van der Waals surface area contributed by atoms with E-state index in [2.05, 4.69) is 32.6 Å². The van der Waals surface area contributed by atoms with Gasteiger partial charge in [-0.2, -0.15) is 0 Å². The van der Waals surface area contributed by atoms with Crippen molar-refractivity contribution in [2.24, 2.45) is 0 Å². The molecule has 0 saturated carbocycles. The zero-order valence-electron chi connectivity index (χ0n) is 14.7. The van der Waals surface area contributed by atoms with Gasteiger partial charge in [0, 0.05) is 45.0 Å². The summed E-state index contributed by atoms with van der Waals surface area (Å²) in [6.07, 6.45) is 1.53. The molecule has 1 aliphatic rings. The summed E-state index contributed by atoms with van der Waals surface area (Å²) in [6.45, 7) is 5.20. The lowest BCUT2D eigenvalue weighted by molar-refractivity contribution is -0.139. The van der Waals surface area contributed by atoms with Gasteiger partial charge in [0.1, 0.15) is 5.76 Å². The average molecular weight is 356 g/mol. The number of rotatable bonds is 6. The first kappa shape index (κ1) is 18.0. The third-order valence-corrected chi connectivity index (χ3v) is 4.42. The number of anilines is 1. The van der Waals surface area contributed by atoms with E-state index in [1.54, 1.807) is 12.1 Å². The maximum absolute atomic E-state index is 11.8. The van der Waals surface area contributed by atoms with Gasteiger partial charge in [-0.05, 0) is 24.3 Å². The van der Waals surface area contributed by atoms with Gasteiger partial charge >= 0.3 is 11.8 Å². The Hall–Kier alpha value is -2.80. The topological polar surface area (TPSA) is 77.8 Å². The fraction of sp³-hybridized carbons (Fsp3) is 0.368. The number of carbonyl (C=O) groups is 2. The Morgan fingerprint density at radius 3 is 2.35 bits per heavy atom. The lowest BCUT2D eigenvalue weighted by Crippen LogP contribution is -2.49. The fourth-order valence-corrected chi connectivity index (χ4v) is 2.94. The molecule has 1 aromatic heterocycles. The van der Waals surface area contributed by atoms with Crippen LogP contribution in [0.25, 0.3) is 0 Å². The van der Waals surface area contributed by atoms with E-state index in [1.165, 1.54) is 12.0 Å². The molecule has 138 valence electrons. The summed E-state index contributed by atoms with van der Waals surface area (Å²) in [4.78, 5) is 28.2. The molecule has 0 radical (unpaired) electrons. The van der Waals surface area contributed by atoms with Crippen molar-refractivity contribution in [3.8, 4) is 0 Å². The number of para-hydroxylation sites is 1. The highest BCUT2D eigenvalue weighted by atomic mass is 16.3. The maximum Gasteiger partial charge on any atom is 0.309 e. The Balaban J connectivity index is 1.31. The Labute approximate surface area is 153 Å². The summed E-state index contributed by atoms with van der Waals surface area (Å²) >= 11 is 0. The van der Waals surface area contributed by atoms with E-state index in [4.69, 9.17) is 4.42 Å². The van der Waals surface area contributed by atoms with E-state index in [-0.39, 0.29) is 6.54 Å². The second kappa shape index (κ2) is 9.05. The van der Waals surface area contributed by atoms with Crippen LogP contribution in [0.2, 0.25) is 0 Å². The van der Waals surface area contributed by atoms with Crippen LogP contribution in [0.5, 0.6) is 0 Å².